The van der Waals surface area contributed by atoms with Gasteiger partial charge in [0.25, 0.3) is 0 Å². The smallest absolute Gasteiger partial charge is 0.185 e. The SMILES string of the molecule is Clc1cccc(CNc2ccc3nnc(-c4ccc(C5CCCOCC5)cc4)n3n2)c1. The van der Waals surface area contributed by atoms with Crippen LogP contribution in [0, 0.1) is 0 Å². The molecule has 6 nitrogen and oxygen atoms in total. The lowest BCUT2D eigenvalue weighted by Gasteiger charge is -2.14. The number of anilines is 1. The van der Waals surface area contributed by atoms with Gasteiger partial charge >= 0.3 is 0 Å². The van der Waals surface area contributed by atoms with Crippen molar-refractivity contribution in [1.29, 1.82) is 0 Å². The van der Waals surface area contributed by atoms with Crippen molar-refractivity contribution in [3.05, 3.63) is 76.8 Å². The van der Waals surface area contributed by atoms with E-state index in [0.717, 1.165) is 53.8 Å². The van der Waals surface area contributed by atoms with Crippen LogP contribution in [0.25, 0.3) is 17.0 Å². The molecule has 0 amide bonds. The quantitative estimate of drug-likeness (QED) is 0.460. The highest BCUT2D eigenvalue weighted by Crippen LogP contribution is 2.29. The number of rotatable bonds is 5. The minimum Gasteiger partial charge on any atom is -0.381 e. The van der Waals surface area contributed by atoms with Gasteiger partial charge in [0, 0.05) is 30.3 Å². The molecule has 2 aromatic carbocycles. The molecule has 0 saturated carbocycles. The van der Waals surface area contributed by atoms with Gasteiger partial charge in [-0.25, -0.2) is 0 Å². The van der Waals surface area contributed by atoms with Crippen molar-refractivity contribution < 1.29 is 4.74 Å². The highest BCUT2D eigenvalue weighted by Gasteiger charge is 2.16. The molecular weight excluding hydrogens is 410 g/mol. The third kappa shape index (κ3) is 4.55. The van der Waals surface area contributed by atoms with Crippen LogP contribution >= 0.6 is 11.6 Å². The lowest BCUT2D eigenvalue weighted by atomic mass is 9.91. The Morgan fingerprint density at radius 2 is 1.90 bits per heavy atom. The molecule has 3 heterocycles. The van der Waals surface area contributed by atoms with E-state index in [1.165, 1.54) is 12.0 Å². The van der Waals surface area contributed by atoms with Crippen LogP contribution in [0.4, 0.5) is 5.82 Å². The zero-order valence-electron chi connectivity index (χ0n) is 17.2. The number of halogens is 1. The summed E-state index contributed by atoms with van der Waals surface area (Å²) in [6.45, 7) is 2.35. The van der Waals surface area contributed by atoms with Crippen molar-refractivity contribution in [1.82, 2.24) is 19.8 Å². The minimum atomic E-state index is 0.562. The molecule has 0 aliphatic carbocycles. The second kappa shape index (κ2) is 9.04. The van der Waals surface area contributed by atoms with E-state index in [1.807, 2.05) is 36.4 Å². The first-order chi connectivity index (χ1) is 15.3. The summed E-state index contributed by atoms with van der Waals surface area (Å²) in [7, 11) is 0. The summed E-state index contributed by atoms with van der Waals surface area (Å²) in [6, 6.07) is 20.3. The molecule has 1 aliphatic rings. The number of fused-ring (bicyclic) bond motifs is 1. The van der Waals surface area contributed by atoms with E-state index in [0.29, 0.717) is 18.1 Å². The fourth-order valence-corrected chi connectivity index (χ4v) is 4.26. The number of hydrogen-bond donors (Lipinski definition) is 1. The second-order valence-corrected chi connectivity index (χ2v) is 8.29. The minimum absolute atomic E-state index is 0.562. The molecule has 7 heteroatoms. The zero-order valence-corrected chi connectivity index (χ0v) is 17.9. The third-order valence-corrected chi connectivity index (χ3v) is 5.95. The summed E-state index contributed by atoms with van der Waals surface area (Å²) in [5.74, 6) is 2.05. The van der Waals surface area contributed by atoms with Crippen LogP contribution in [0.15, 0.2) is 60.7 Å². The van der Waals surface area contributed by atoms with Crippen molar-refractivity contribution in [3.63, 3.8) is 0 Å². The fourth-order valence-electron chi connectivity index (χ4n) is 4.04. The van der Waals surface area contributed by atoms with Gasteiger partial charge in [-0.3, -0.25) is 0 Å². The Kier molecular flexibility index (Phi) is 5.82. The van der Waals surface area contributed by atoms with Gasteiger partial charge < -0.3 is 10.1 Å². The lowest BCUT2D eigenvalue weighted by Crippen LogP contribution is -2.05. The van der Waals surface area contributed by atoms with Crippen molar-refractivity contribution in [2.75, 3.05) is 18.5 Å². The van der Waals surface area contributed by atoms with Crippen LogP contribution in [0.1, 0.15) is 36.3 Å². The van der Waals surface area contributed by atoms with Gasteiger partial charge in [-0.1, -0.05) is 48.0 Å². The molecule has 1 saturated heterocycles. The van der Waals surface area contributed by atoms with Crippen LogP contribution in [0.2, 0.25) is 5.02 Å². The summed E-state index contributed by atoms with van der Waals surface area (Å²) in [6.07, 6.45) is 3.38. The van der Waals surface area contributed by atoms with E-state index in [1.54, 1.807) is 4.52 Å². The van der Waals surface area contributed by atoms with Gasteiger partial charge in [-0.05, 0) is 60.6 Å². The van der Waals surface area contributed by atoms with Crippen LogP contribution in [0.3, 0.4) is 0 Å². The first-order valence-corrected chi connectivity index (χ1v) is 11.0. The van der Waals surface area contributed by atoms with Crippen LogP contribution in [-0.2, 0) is 11.3 Å². The molecule has 1 atom stereocenters. The molecule has 158 valence electrons. The average molecular weight is 434 g/mol. The Labute approximate surface area is 186 Å². The number of hydrogen-bond acceptors (Lipinski definition) is 5. The summed E-state index contributed by atoms with van der Waals surface area (Å²) >= 11 is 6.08. The van der Waals surface area contributed by atoms with E-state index in [-0.39, 0.29) is 0 Å². The van der Waals surface area contributed by atoms with E-state index < -0.39 is 0 Å². The average Bonchev–Trinajstić information content (AvgIpc) is 3.02. The van der Waals surface area contributed by atoms with Crippen molar-refractivity contribution in [3.8, 4) is 11.4 Å². The Balaban J connectivity index is 1.36. The molecule has 0 radical (unpaired) electrons. The van der Waals surface area contributed by atoms with Crippen LogP contribution < -0.4 is 5.32 Å². The van der Waals surface area contributed by atoms with Crippen molar-refractivity contribution in [2.45, 2.75) is 31.7 Å². The zero-order chi connectivity index (χ0) is 21.0. The Hall–Kier alpha value is -2.96. The highest BCUT2D eigenvalue weighted by atomic mass is 35.5. The van der Waals surface area contributed by atoms with Gasteiger partial charge in [0.05, 0.1) is 0 Å². The molecule has 4 aromatic rings. The van der Waals surface area contributed by atoms with Crippen molar-refractivity contribution >= 4 is 23.1 Å². The topological polar surface area (TPSA) is 64.3 Å². The molecule has 2 aromatic heterocycles. The standard InChI is InChI=1S/C24H24ClN5O/c25-21-5-1-3-17(15-21)16-26-22-10-11-23-27-28-24(30(23)29-22)20-8-6-19(7-9-20)18-4-2-13-31-14-12-18/h1,3,5-11,15,18H,2,4,12-14,16H2,(H,26,29). The molecule has 1 N–H and O–H groups in total. The first-order valence-electron chi connectivity index (χ1n) is 10.7. The molecule has 1 fully saturated rings. The lowest BCUT2D eigenvalue weighted by molar-refractivity contribution is 0.143. The largest absolute Gasteiger partial charge is 0.381 e. The number of benzene rings is 2. The normalized spacial score (nSPS) is 16.9. The summed E-state index contributed by atoms with van der Waals surface area (Å²) in [5.41, 5.74) is 4.17. The first kappa shape index (κ1) is 20.0. The molecule has 0 spiro atoms. The second-order valence-electron chi connectivity index (χ2n) is 7.86. The van der Waals surface area contributed by atoms with Gasteiger partial charge in [-0.2, -0.15) is 4.52 Å². The van der Waals surface area contributed by atoms with Gasteiger partial charge in [0.1, 0.15) is 5.82 Å². The summed E-state index contributed by atoms with van der Waals surface area (Å²) < 4.78 is 7.39. The Morgan fingerprint density at radius 3 is 2.77 bits per heavy atom. The van der Waals surface area contributed by atoms with E-state index in [4.69, 9.17) is 21.4 Å². The molecule has 0 bridgehead atoms. The highest BCUT2D eigenvalue weighted by molar-refractivity contribution is 6.30. The maximum atomic E-state index is 6.08. The third-order valence-electron chi connectivity index (χ3n) is 5.72. The molecule has 1 unspecified atom stereocenters. The predicted octanol–water partition coefficient (Wildman–Crippen LogP) is 5.34. The maximum absolute atomic E-state index is 6.08. The molecule has 1 aliphatic heterocycles. The maximum Gasteiger partial charge on any atom is 0.185 e. The van der Waals surface area contributed by atoms with E-state index in [2.05, 4.69) is 39.8 Å². The van der Waals surface area contributed by atoms with Crippen LogP contribution in [0.5, 0.6) is 0 Å². The summed E-state index contributed by atoms with van der Waals surface area (Å²) in [5, 5.41) is 17.4. The Morgan fingerprint density at radius 1 is 1.00 bits per heavy atom. The van der Waals surface area contributed by atoms with Gasteiger partial charge in [0.2, 0.25) is 0 Å². The van der Waals surface area contributed by atoms with Gasteiger partial charge in [0.15, 0.2) is 11.5 Å². The fraction of sp³-hybridized carbons (Fsp3) is 0.292. The van der Waals surface area contributed by atoms with Crippen molar-refractivity contribution in [2.24, 2.45) is 0 Å². The molecule has 5 rings (SSSR count). The van der Waals surface area contributed by atoms with Crippen LogP contribution in [-0.4, -0.2) is 33.0 Å². The molecule has 31 heavy (non-hydrogen) atoms. The number of aromatic nitrogens is 4. The summed E-state index contributed by atoms with van der Waals surface area (Å²) in [4.78, 5) is 0. The monoisotopic (exact) mass is 433 g/mol. The van der Waals surface area contributed by atoms with E-state index in [9.17, 15) is 0 Å². The number of nitrogens with zero attached hydrogens (tertiary/aromatic N) is 4. The molecular formula is C24H24ClN5O. The predicted molar refractivity (Wildman–Crippen MR) is 122 cm³/mol. The van der Waals surface area contributed by atoms with E-state index >= 15 is 0 Å². The van der Waals surface area contributed by atoms with Gasteiger partial charge in [-0.15, -0.1) is 15.3 Å². The number of ether oxygens (including phenoxy) is 1. The number of nitrogens with one attached hydrogen (secondary N) is 1. The Bertz CT molecular complexity index is 1170.